The maximum atomic E-state index is 9.63. The molecule has 0 aromatic heterocycles. The number of aliphatic hydroxyl groups is 1. The molecule has 2 aromatic rings. The first-order valence-corrected chi connectivity index (χ1v) is 5.87. The second kappa shape index (κ2) is 5.66. The van der Waals surface area contributed by atoms with Gasteiger partial charge in [-0.05, 0) is 11.5 Å². The Morgan fingerprint density at radius 3 is 2.76 bits per heavy atom. The summed E-state index contributed by atoms with van der Waals surface area (Å²) in [7, 11) is 1.93. The minimum atomic E-state index is -0.432. The molecule has 0 fully saturated rings. The molecule has 3 nitrogen and oxygen atoms in total. The lowest BCUT2D eigenvalue weighted by Gasteiger charge is -2.12. The largest absolute Gasteiger partial charge is 0.490 e. The lowest BCUT2D eigenvalue weighted by molar-refractivity contribution is -0.633. The van der Waals surface area contributed by atoms with Crippen molar-refractivity contribution in [3.05, 3.63) is 42.5 Å². The summed E-state index contributed by atoms with van der Waals surface area (Å²) in [5.74, 6) is 0.832. The Morgan fingerprint density at radius 2 is 1.94 bits per heavy atom. The summed E-state index contributed by atoms with van der Waals surface area (Å²) < 4.78 is 5.66. The van der Waals surface area contributed by atoms with E-state index in [9.17, 15) is 5.11 Å². The summed E-state index contributed by atoms with van der Waals surface area (Å²) in [6.45, 7) is 0.989. The number of nitrogens with two attached hydrogens (primary N) is 1. The molecule has 0 bridgehead atoms. The predicted octanol–water partition coefficient (Wildman–Crippen LogP) is 0.773. The number of hydrogen-bond acceptors (Lipinski definition) is 2. The van der Waals surface area contributed by atoms with Gasteiger partial charge in [-0.15, -0.1) is 0 Å². The van der Waals surface area contributed by atoms with Crippen LogP contribution >= 0.6 is 0 Å². The quantitative estimate of drug-likeness (QED) is 0.800. The normalized spacial score (nSPS) is 12.6. The summed E-state index contributed by atoms with van der Waals surface area (Å²) in [5.41, 5.74) is 0. The molecule has 1 atom stereocenters. The van der Waals surface area contributed by atoms with E-state index in [0.29, 0.717) is 13.2 Å². The highest BCUT2D eigenvalue weighted by molar-refractivity contribution is 5.88. The van der Waals surface area contributed by atoms with E-state index in [4.69, 9.17) is 4.74 Å². The molecule has 0 radical (unpaired) electrons. The first kappa shape index (κ1) is 11.9. The van der Waals surface area contributed by atoms with Gasteiger partial charge in [0.2, 0.25) is 0 Å². The maximum absolute atomic E-state index is 9.63. The zero-order valence-corrected chi connectivity index (χ0v) is 9.97. The summed E-state index contributed by atoms with van der Waals surface area (Å²) in [5, 5.41) is 13.8. The van der Waals surface area contributed by atoms with Gasteiger partial charge in [0.25, 0.3) is 0 Å². The number of ether oxygens (including phenoxy) is 1. The zero-order valence-electron chi connectivity index (χ0n) is 9.97. The van der Waals surface area contributed by atoms with Crippen LogP contribution in [0.25, 0.3) is 10.8 Å². The van der Waals surface area contributed by atoms with Crippen LogP contribution in [0.5, 0.6) is 5.75 Å². The summed E-state index contributed by atoms with van der Waals surface area (Å²) in [6.07, 6.45) is -0.432. The van der Waals surface area contributed by atoms with Gasteiger partial charge in [-0.3, -0.25) is 0 Å². The fraction of sp³-hybridized carbons (Fsp3) is 0.286. The molecular formula is C14H18NO2+. The zero-order chi connectivity index (χ0) is 12.1. The Hall–Kier alpha value is -1.58. The Bertz CT molecular complexity index is 479. The van der Waals surface area contributed by atoms with Crippen molar-refractivity contribution in [2.24, 2.45) is 0 Å². The number of hydrogen-bond donors (Lipinski definition) is 2. The number of rotatable bonds is 5. The van der Waals surface area contributed by atoms with Crippen molar-refractivity contribution in [1.82, 2.24) is 0 Å². The topological polar surface area (TPSA) is 46.1 Å². The van der Waals surface area contributed by atoms with Crippen LogP contribution in [-0.2, 0) is 0 Å². The van der Waals surface area contributed by atoms with Crippen molar-refractivity contribution in [3.8, 4) is 5.75 Å². The highest BCUT2D eigenvalue weighted by Crippen LogP contribution is 2.24. The fourth-order valence-electron chi connectivity index (χ4n) is 1.85. The minimum Gasteiger partial charge on any atom is -0.490 e. The lowest BCUT2D eigenvalue weighted by atomic mass is 10.1. The predicted molar refractivity (Wildman–Crippen MR) is 68.2 cm³/mol. The Balaban J connectivity index is 2.13. The van der Waals surface area contributed by atoms with Crippen molar-refractivity contribution in [1.29, 1.82) is 0 Å². The number of quaternary nitrogens is 1. The monoisotopic (exact) mass is 232 g/mol. The summed E-state index contributed by atoms with van der Waals surface area (Å²) >= 11 is 0. The molecule has 0 saturated heterocycles. The molecule has 0 spiro atoms. The SMILES string of the molecule is C[NH2+]C[C@H](O)COc1cccc2ccccc12. The smallest absolute Gasteiger partial charge is 0.137 e. The van der Waals surface area contributed by atoms with Gasteiger partial charge in [0.15, 0.2) is 0 Å². The van der Waals surface area contributed by atoms with E-state index in [0.717, 1.165) is 16.5 Å². The van der Waals surface area contributed by atoms with E-state index in [1.54, 1.807) is 0 Å². The van der Waals surface area contributed by atoms with Crippen molar-refractivity contribution < 1.29 is 15.2 Å². The number of benzene rings is 2. The molecule has 2 aromatic carbocycles. The Morgan fingerprint density at radius 1 is 1.18 bits per heavy atom. The third kappa shape index (κ3) is 2.96. The van der Waals surface area contributed by atoms with Crippen LogP contribution in [0.1, 0.15) is 0 Å². The number of likely N-dealkylation sites (N-methyl/N-ethyl adjacent to an activating group) is 1. The van der Waals surface area contributed by atoms with Gasteiger partial charge in [-0.2, -0.15) is 0 Å². The van der Waals surface area contributed by atoms with Crippen molar-refractivity contribution in [3.63, 3.8) is 0 Å². The molecule has 0 heterocycles. The minimum absolute atomic E-state index is 0.332. The van der Waals surface area contributed by atoms with E-state index in [2.05, 4.69) is 12.1 Å². The van der Waals surface area contributed by atoms with E-state index in [1.807, 2.05) is 42.7 Å². The van der Waals surface area contributed by atoms with Gasteiger partial charge in [-0.25, -0.2) is 0 Å². The third-order valence-electron chi connectivity index (χ3n) is 2.69. The van der Waals surface area contributed by atoms with Crippen LogP contribution in [0, 0.1) is 0 Å². The van der Waals surface area contributed by atoms with Crippen LogP contribution in [0.4, 0.5) is 0 Å². The van der Waals surface area contributed by atoms with Gasteiger partial charge >= 0.3 is 0 Å². The van der Waals surface area contributed by atoms with Gasteiger partial charge in [0.1, 0.15) is 25.0 Å². The van der Waals surface area contributed by atoms with Gasteiger partial charge in [0, 0.05) is 5.39 Å². The molecule has 0 aliphatic rings. The first-order chi connectivity index (χ1) is 8.31. The van der Waals surface area contributed by atoms with Gasteiger partial charge < -0.3 is 15.2 Å². The highest BCUT2D eigenvalue weighted by Gasteiger charge is 2.07. The van der Waals surface area contributed by atoms with E-state index in [1.165, 1.54) is 0 Å². The lowest BCUT2D eigenvalue weighted by Crippen LogP contribution is -2.82. The molecule has 0 aliphatic heterocycles. The van der Waals surface area contributed by atoms with Gasteiger partial charge in [-0.1, -0.05) is 36.4 Å². The standard InChI is InChI=1S/C14H17NO2/c1-15-9-12(16)10-17-14-8-4-6-11-5-2-3-7-13(11)14/h2-8,12,15-16H,9-10H2,1H3/p+1/t12-/m0/s1. The van der Waals surface area contributed by atoms with Crippen LogP contribution in [0.15, 0.2) is 42.5 Å². The first-order valence-electron chi connectivity index (χ1n) is 5.87. The molecule has 0 aliphatic carbocycles. The van der Waals surface area contributed by atoms with Crippen LogP contribution in [0.3, 0.4) is 0 Å². The van der Waals surface area contributed by atoms with Crippen LogP contribution in [-0.4, -0.2) is 31.4 Å². The third-order valence-corrected chi connectivity index (χ3v) is 2.69. The highest BCUT2D eigenvalue weighted by atomic mass is 16.5. The second-order valence-corrected chi connectivity index (χ2v) is 4.09. The fourth-order valence-corrected chi connectivity index (χ4v) is 1.85. The molecule has 0 saturated carbocycles. The Kier molecular flexibility index (Phi) is 3.96. The number of aliphatic hydroxyl groups excluding tert-OH is 1. The molecular weight excluding hydrogens is 214 g/mol. The molecule has 0 unspecified atom stereocenters. The van der Waals surface area contributed by atoms with Crippen molar-refractivity contribution in [2.75, 3.05) is 20.2 Å². The maximum Gasteiger partial charge on any atom is 0.137 e. The van der Waals surface area contributed by atoms with Crippen LogP contribution in [0.2, 0.25) is 0 Å². The van der Waals surface area contributed by atoms with Crippen molar-refractivity contribution >= 4 is 10.8 Å². The van der Waals surface area contributed by atoms with Crippen molar-refractivity contribution in [2.45, 2.75) is 6.10 Å². The Labute approximate surface area is 101 Å². The van der Waals surface area contributed by atoms with E-state index < -0.39 is 6.10 Å². The summed E-state index contributed by atoms with van der Waals surface area (Å²) in [6, 6.07) is 14.0. The molecule has 0 amide bonds. The molecule has 3 N–H and O–H groups in total. The second-order valence-electron chi connectivity index (χ2n) is 4.09. The van der Waals surface area contributed by atoms with E-state index in [-0.39, 0.29) is 0 Å². The van der Waals surface area contributed by atoms with Gasteiger partial charge in [0.05, 0.1) is 7.05 Å². The van der Waals surface area contributed by atoms with E-state index >= 15 is 0 Å². The van der Waals surface area contributed by atoms with Crippen LogP contribution < -0.4 is 10.1 Å². The molecule has 17 heavy (non-hydrogen) atoms. The number of fused-ring (bicyclic) bond motifs is 1. The molecule has 2 rings (SSSR count). The molecule has 3 heteroatoms. The average Bonchev–Trinajstić information content (AvgIpc) is 2.36. The summed E-state index contributed by atoms with van der Waals surface area (Å²) in [4.78, 5) is 0. The molecule has 90 valence electrons. The average molecular weight is 232 g/mol.